The second-order valence-corrected chi connectivity index (χ2v) is 4.17. The third kappa shape index (κ3) is 3.35. The minimum atomic E-state index is 0.392. The molecule has 0 heterocycles. The van der Waals surface area contributed by atoms with Crippen molar-refractivity contribution in [1.82, 2.24) is 5.32 Å². The SMILES string of the molecule is CCc1cc(C)cc(CNCC(C)=N)c1O. The number of phenolic OH excluding ortho intramolecular Hbond substituents is 1. The molecule has 3 nitrogen and oxygen atoms in total. The fourth-order valence-electron chi connectivity index (χ4n) is 1.72. The van der Waals surface area contributed by atoms with Gasteiger partial charge < -0.3 is 15.8 Å². The number of hydrogen-bond acceptors (Lipinski definition) is 3. The van der Waals surface area contributed by atoms with Crippen molar-refractivity contribution < 1.29 is 5.11 Å². The number of aryl methyl sites for hydroxylation is 2. The molecule has 1 aromatic carbocycles. The van der Waals surface area contributed by atoms with Gasteiger partial charge in [-0.2, -0.15) is 0 Å². The van der Waals surface area contributed by atoms with Crippen LogP contribution in [0.3, 0.4) is 0 Å². The highest BCUT2D eigenvalue weighted by Crippen LogP contribution is 2.24. The molecule has 0 spiro atoms. The summed E-state index contributed by atoms with van der Waals surface area (Å²) in [6.45, 7) is 7.00. The van der Waals surface area contributed by atoms with Gasteiger partial charge in [-0.3, -0.25) is 0 Å². The minimum Gasteiger partial charge on any atom is -0.507 e. The van der Waals surface area contributed by atoms with Gasteiger partial charge >= 0.3 is 0 Å². The minimum absolute atomic E-state index is 0.392. The van der Waals surface area contributed by atoms with Crippen LogP contribution in [0.2, 0.25) is 0 Å². The van der Waals surface area contributed by atoms with E-state index in [4.69, 9.17) is 5.41 Å². The van der Waals surface area contributed by atoms with Crippen LogP contribution in [0.4, 0.5) is 0 Å². The number of aromatic hydroxyl groups is 1. The third-order valence-electron chi connectivity index (χ3n) is 2.50. The molecule has 16 heavy (non-hydrogen) atoms. The van der Waals surface area contributed by atoms with Gasteiger partial charge in [0.15, 0.2) is 0 Å². The average molecular weight is 220 g/mol. The molecule has 0 amide bonds. The lowest BCUT2D eigenvalue weighted by molar-refractivity contribution is 0.459. The van der Waals surface area contributed by atoms with Crippen molar-refractivity contribution in [2.45, 2.75) is 33.7 Å². The maximum atomic E-state index is 9.98. The van der Waals surface area contributed by atoms with Crippen LogP contribution in [-0.2, 0) is 13.0 Å². The number of nitrogens with one attached hydrogen (secondary N) is 2. The highest BCUT2D eigenvalue weighted by molar-refractivity contribution is 5.80. The zero-order chi connectivity index (χ0) is 12.1. The van der Waals surface area contributed by atoms with Crippen LogP contribution in [0, 0.1) is 12.3 Å². The lowest BCUT2D eigenvalue weighted by Crippen LogP contribution is -2.20. The fourth-order valence-corrected chi connectivity index (χ4v) is 1.72. The fraction of sp³-hybridized carbons (Fsp3) is 0.462. The number of phenols is 1. The predicted molar refractivity (Wildman–Crippen MR) is 67.3 cm³/mol. The van der Waals surface area contributed by atoms with E-state index in [1.165, 1.54) is 0 Å². The molecule has 0 saturated carbocycles. The molecule has 0 aliphatic carbocycles. The van der Waals surface area contributed by atoms with Crippen LogP contribution in [0.25, 0.3) is 0 Å². The molecule has 88 valence electrons. The lowest BCUT2D eigenvalue weighted by atomic mass is 10.0. The first-order valence-electron chi connectivity index (χ1n) is 5.60. The van der Waals surface area contributed by atoms with E-state index >= 15 is 0 Å². The topological polar surface area (TPSA) is 56.1 Å². The van der Waals surface area contributed by atoms with Crippen molar-refractivity contribution in [2.24, 2.45) is 0 Å². The van der Waals surface area contributed by atoms with Crippen LogP contribution in [-0.4, -0.2) is 17.4 Å². The van der Waals surface area contributed by atoms with Crippen molar-refractivity contribution in [1.29, 1.82) is 5.41 Å². The van der Waals surface area contributed by atoms with Crippen LogP contribution in [0.1, 0.15) is 30.5 Å². The Hall–Kier alpha value is -1.35. The van der Waals surface area contributed by atoms with Gasteiger partial charge in [0, 0.05) is 24.4 Å². The normalized spacial score (nSPS) is 10.4. The van der Waals surface area contributed by atoms with E-state index in [1.807, 2.05) is 26.0 Å². The summed E-state index contributed by atoms with van der Waals surface area (Å²) in [7, 11) is 0. The predicted octanol–water partition coefficient (Wildman–Crippen LogP) is 2.39. The quantitative estimate of drug-likeness (QED) is 0.667. The zero-order valence-corrected chi connectivity index (χ0v) is 10.2. The molecule has 0 radical (unpaired) electrons. The van der Waals surface area contributed by atoms with E-state index in [2.05, 4.69) is 5.32 Å². The molecule has 0 aliphatic rings. The van der Waals surface area contributed by atoms with Crippen molar-refractivity contribution in [3.05, 3.63) is 28.8 Å². The summed E-state index contributed by atoms with van der Waals surface area (Å²) in [5, 5.41) is 20.4. The summed E-state index contributed by atoms with van der Waals surface area (Å²) < 4.78 is 0. The maximum Gasteiger partial charge on any atom is 0.123 e. The van der Waals surface area contributed by atoms with E-state index in [-0.39, 0.29) is 0 Å². The Morgan fingerprint density at radius 1 is 1.38 bits per heavy atom. The zero-order valence-electron chi connectivity index (χ0n) is 10.2. The molecule has 0 bridgehead atoms. The Morgan fingerprint density at radius 2 is 2.00 bits per heavy atom. The van der Waals surface area contributed by atoms with Crippen molar-refractivity contribution in [3.8, 4) is 5.75 Å². The van der Waals surface area contributed by atoms with Gasteiger partial charge in [-0.1, -0.05) is 24.6 Å². The van der Waals surface area contributed by atoms with Crippen molar-refractivity contribution in [2.75, 3.05) is 6.54 Å². The van der Waals surface area contributed by atoms with Crippen LogP contribution in [0.15, 0.2) is 12.1 Å². The van der Waals surface area contributed by atoms with Gasteiger partial charge in [0.1, 0.15) is 5.75 Å². The second kappa shape index (κ2) is 5.66. The Kier molecular flexibility index (Phi) is 4.50. The third-order valence-corrected chi connectivity index (χ3v) is 2.50. The summed E-state index contributed by atoms with van der Waals surface area (Å²) in [5.74, 6) is 0.392. The van der Waals surface area contributed by atoms with Gasteiger partial charge in [-0.25, -0.2) is 0 Å². The largest absolute Gasteiger partial charge is 0.507 e. The van der Waals surface area contributed by atoms with E-state index < -0.39 is 0 Å². The Bertz CT molecular complexity index is 386. The van der Waals surface area contributed by atoms with E-state index in [0.29, 0.717) is 24.6 Å². The molecule has 1 rings (SSSR count). The van der Waals surface area contributed by atoms with Gasteiger partial charge in [-0.15, -0.1) is 0 Å². The molecule has 0 fully saturated rings. The Labute approximate surface area is 97.0 Å². The van der Waals surface area contributed by atoms with Crippen LogP contribution >= 0.6 is 0 Å². The monoisotopic (exact) mass is 220 g/mol. The molecule has 0 aliphatic heterocycles. The van der Waals surface area contributed by atoms with E-state index in [9.17, 15) is 5.11 Å². The van der Waals surface area contributed by atoms with E-state index in [0.717, 1.165) is 23.1 Å². The molecular formula is C13H20N2O. The molecule has 3 N–H and O–H groups in total. The van der Waals surface area contributed by atoms with Gasteiger partial charge in [0.2, 0.25) is 0 Å². The first-order chi connectivity index (χ1) is 7.54. The average Bonchev–Trinajstić information content (AvgIpc) is 2.22. The lowest BCUT2D eigenvalue weighted by Gasteiger charge is -2.11. The molecule has 1 aromatic rings. The highest BCUT2D eigenvalue weighted by Gasteiger charge is 2.06. The summed E-state index contributed by atoms with van der Waals surface area (Å²) in [4.78, 5) is 0. The first kappa shape index (κ1) is 12.7. The second-order valence-electron chi connectivity index (χ2n) is 4.17. The standard InChI is InChI=1S/C13H20N2O/c1-4-11-5-9(2)6-12(13(11)16)8-15-7-10(3)14/h5-6,14-16H,4,7-8H2,1-3H3. The summed E-state index contributed by atoms with van der Waals surface area (Å²) in [5.41, 5.74) is 3.67. The molecule has 0 saturated heterocycles. The first-order valence-corrected chi connectivity index (χ1v) is 5.60. The van der Waals surface area contributed by atoms with Crippen LogP contribution in [0.5, 0.6) is 5.75 Å². The maximum absolute atomic E-state index is 9.98. The van der Waals surface area contributed by atoms with Crippen LogP contribution < -0.4 is 5.32 Å². The van der Waals surface area contributed by atoms with Crippen molar-refractivity contribution in [3.63, 3.8) is 0 Å². The van der Waals surface area contributed by atoms with Gasteiger partial charge in [-0.05, 0) is 25.8 Å². The highest BCUT2D eigenvalue weighted by atomic mass is 16.3. The summed E-state index contributed by atoms with van der Waals surface area (Å²) in [6.07, 6.45) is 0.837. The Morgan fingerprint density at radius 3 is 2.56 bits per heavy atom. The molecular weight excluding hydrogens is 200 g/mol. The molecule has 0 atom stereocenters. The molecule has 3 heteroatoms. The number of rotatable bonds is 5. The van der Waals surface area contributed by atoms with Gasteiger partial charge in [0.25, 0.3) is 0 Å². The smallest absolute Gasteiger partial charge is 0.123 e. The molecule has 0 unspecified atom stereocenters. The number of hydrogen-bond donors (Lipinski definition) is 3. The van der Waals surface area contributed by atoms with Gasteiger partial charge in [0.05, 0.1) is 0 Å². The molecule has 0 aromatic heterocycles. The van der Waals surface area contributed by atoms with E-state index in [1.54, 1.807) is 6.92 Å². The van der Waals surface area contributed by atoms with Crippen molar-refractivity contribution >= 4 is 5.71 Å². The Balaban J connectivity index is 2.78. The number of benzene rings is 1. The summed E-state index contributed by atoms with van der Waals surface area (Å²) >= 11 is 0. The summed E-state index contributed by atoms with van der Waals surface area (Å²) in [6, 6.07) is 4.00.